The molecule has 120 valence electrons. The van der Waals surface area contributed by atoms with Crippen molar-refractivity contribution in [3.8, 4) is 0 Å². The Labute approximate surface area is 133 Å². The molecule has 7 heteroatoms. The zero-order valence-corrected chi connectivity index (χ0v) is 12.9. The smallest absolute Gasteiger partial charge is 0.322 e. The molecule has 1 aliphatic rings. The molecule has 1 fully saturated rings. The molecule has 1 aliphatic heterocycles. The maximum Gasteiger partial charge on any atom is 0.322 e. The fourth-order valence-corrected chi connectivity index (χ4v) is 3.13. The number of likely N-dealkylation sites (tertiary alicyclic amines) is 1. The van der Waals surface area contributed by atoms with Crippen LogP contribution in [0.15, 0.2) is 30.3 Å². The van der Waals surface area contributed by atoms with Crippen LogP contribution in [-0.2, 0) is 6.42 Å². The minimum atomic E-state index is -0.547. The summed E-state index contributed by atoms with van der Waals surface area (Å²) >= 11 is 0. The molecule has 1 aromatic carbocycles. The van der Waals surface area contributed by atoms with Crippen molar-refractivity contribution in [3.63, 3.8) is 0 Å². The monoisotopic (exact) mass is 314 g/mol. The van der Waals surface area contributed by atoms with E-state index in [4.69, 9.17) is 0 Å². The lowest BCUT2D eigenvalue weighted by Gasteiger charge is -2.23. The Kier molecular flexibility index (Phi) is 4.10. The third-order valence-electron chi connectivity index (χ3n) is 4.25. The van der Waals surface area contributed by atoms with Gasteiger partial charge in [0.05, 0.1) is 4.92 Å². The molecule has 2 aromatic rings. The fraction of sp³-hybridized carbons (Fsp3) is 0.375. The van der Waals surface area contributed by atoms with Gasteiger partial charge in [-0.2, -0.15) is 5.10 Å². The molecule has 0 unspecified atom stereocenters. The van der Waals surface area contributed by atoms with E-state index in [1.165, 1.54) is 0 Å². The van der Waals surface area contributed by atoms with Crippen molar-refractivity contribution < 1.29 is 9.72 Å². The summed E-state index contributed by atoms with van der Waals surface area (Å²) < 4.78 is 0. The van der Waals surface area contributed by atoms with Crippen LogP contribution in [0, 0.1) is 17.0 Å². The third-order valence-corrected chi connectivity index (χ3v) is 4.25. The summed E-state index contributed by atoms with van der Waals surface area (Å²) in [6.45, 7) is 2.16. The van der Waals surface area contributed by atoms with E-state index in [1.54, 1.807) is 11.8 Å². The van der Waals surface area contributed by atoms with E-state index in [9.17, 15) is 14.9 Å². The summed E-state index contributed by atoms with van der Waals surface area (Å²) in [5.41, 5.74) is 1.15. The van der Waals surface area contributed by atoms with Gasteiger partial charge in [0.2, 0.25) is 5.69 Å². The highest BCUT2D eigenvalue weighted by molar-refractivity contribution is 5.96. The van der Waals surface area contributed by atoms with Crippen LogP contribution >= 0.6 is 0 Å². The number of aromatic nitrogens is 2. The van der Waals surface area contributed by atoms with Crippen LogP contribution in [0.4, 0.5) is 5.69 Å². The second kappa shape index (κ2) is 6.20. The second-order valence-corrected chi connectivity index (χ2v) is 5.79. The molecule has 7 nitrogen and oxygen atoms in total. The van der Waals surface area contributed by atoms with Crippen molar-refractivity contribution in [2.24, 2.45) is 0 Å². The molecular formula is C16H18N4O3. The first kappa shape index (κ1) is 15.2. The largest absolute Gasteiger partial charge is 0.334 e. The zero-order chi connectivity index (χ0) is 16.4. The van der Waals surface area contributed by atoms with Crippen molar-refractivity contribution in [1.29, 1.82) is 0 Å². The van der Waals surface area contributed by atoms with E-state index in [1.807, 2.05) is 30.3 Å². The predicted octanol–water partition coefficient (Wildman–Crippen LogP) is 2.47. The number of rotatable bonds is 4. The summed E-state index contributed by atoms with van der Waals surface area (Å²) in [6, 6.07) is 10.0. The molecule has 0 radical (unpaired) electrons. The first-order chi connectivity index (χ1) is 11.1. The van der Waals surface area contributed by atoms with Gasteiger partial charge in [-0.25, -0.2) is 0 Å². The molecule has 1 aromatic heterocycles. The number of hydrogen-bond donors (Lipinski definition) is 1. The summed E-state index contributed by atoms with van der Waals surface area (Å²) in [4.78, 5) is 25.1. The highest BCUT2D eigenvalue weighted by Gasteiger charge is 2.35. The summed E-state index contributed by atoms with van der Waals surface area (Å²) in [7, 11) is 0. The van der Waals surface area contributed by atoms with E-state index in [2.05, 4.69) is 10.2 Å². The van der Waals surface area contributed by atoms with Gasteiger partial charge in [-0.1, -0.05) is 30.3 Å². The van der Waals surface area contributed by atoms with Crippen LogP contribution in [0.2, 0.25) is 0 Å². The minimum Gasteiger partial charge on any atom is -0.334 e. The van der Waals surface area contributed by atoms with Crippen molar-refractivity contribution >= 4 is 11.6 Å². The average Bonchev–Trinajstić information content (AvgIpc) is 3.14. The Morgan fingerprint density at radius 3 is 2.87 bits per heavy atom. The number of hydrogen-bond acceptors (Lipinski definition) is 4. The van der Waals surface area contributed by atoms with Gasteiger partial charge in [0.15, 0.2) is 0 Å². The SMILES string of the molecule is Cc1[nH]nc(C(=O)N2CCC[C@@H]2Cc2ccccc2)c1[N+](=O)[O-]. The Morgan fingerprint density at radius 2 is 2.17 bits per heavy atom. The third kappa shape index (κ3) is 2.94. The Morgan fingerprint density at radius 1 is 1.43 bits per heavy atom. The minimum absolute atomic E-state index is 0.0570. The lowest BCUT2D eigenvalue weighted by atomic mass is 10.0. The molecule has 1 saturated heterocycles. The number of amides is 1. The van der Waals surface area contributed by atoms with Crippen LogP contribution in [0.25, 0.3) is 0 Å². The topological polar surface area (TPSA) is 92.1 Å². The summed E-state index contributed by atoms with van der Waals surface area (Å²) in [5.74, 6) is -0.362. The van der Waals surface area contributed by atoms with Crippen molar-refractivity contribution in [2.75, 3.05) is 6.54 Å². The van der Waals surface area contributed by atoms with Crippen molar-refractivity contribution in [1.82, 2.24) is 15.1 Å². The van der Waals surface area contributed by atoms with Gasteiger partial charge in [0, 0.05) is 12.6 Å². The van der Waals surface area contributed by atoms with Gasteiger partial charge >= 0.3 is 5.69 Å². The van der Waals surface area contributed by atoms with E-state index >= 15 is 0 Å². The number of carbonyl (C=O) groups excluding carboxylic acids is 1. The van der Waals surface area contributed by atoms with Crippen LogP contribution in [-0.4, -0.2) is 38.5 Å². The Balaban J connectivity index is 1.83. The number of aromatic amines is 1. The average molecular weight is 314 g/mol. The molecule has 0 spiro atoms. The molecule has 0 aliphatic carbocycles. The lowest BCUT2D eigenvalue weighted by molar-refractivity contribution is -0.385. The quantitative estimate of drug-likeness (QED) is 0.693. The number of aryl methyl sites for hydroxylation is 1. The summed E-state index contributed by atoms with van der Waals surface area (Å²) in [5, 5.41) is 17.6. The normalized spacial score (nSPS) is 17.4. The van der Waals surface area contributed by atoms with Gasteiger partial charge in [0.25, 0.3) is 5.91 Å². The van der Waals surface area contributed by atoms with Gasteiger partial charge in [-0.3, -0.25) is 20.0 Å². The first-order valence-electron chi connectivity index (χ1n) is 7.62. The first-order valence-corrected chi connectivity index (χ1v) is 7.62. The van der Waals surface area contributed by atoms with Gasteiger partial charge in [0.1, 0.15) is 5.69 Å². The molecule has 2 heterocycles. The highest BCUT2D eigenvalue weighted by atomic mass is 16.6. The van der Waals surface area contributed by atoms with E-state index in [0.29, 0.717) is 12.2 Å². The maximum atomic E-state index is 12.7. The number of benzene rings is 1. The van der Waals surface area contributed by atoms with Crippen molar-refractivity contribution in [2.45, 2.75) is 32.2 Å². The highest BCUT2D eigenvalue weighted by Crippen LogP contribution is 2.27. The van der Waals surface area contributed by atoms with Gasteiger partial charge in [-0.15, -0.1) is 0 Å². The van der Waals surface area contributed by atoms with Crippen LogP contribution in [0.3, 0.4) is 0 Å². The fourth-order valence-electron chi connectivity index (χ4n) is 3.13. The van der Waals surface area contributed by atoms with Crippen LogP contribution < -0.4 is 0 Å². The molecule has 3 rings (SSSR count). The Hall–Kier alpha value is -2.70. The number of nitro groups is 1. The van der Waals surface area contributed by atoms with Gasteiger partial charge in [-0.05, 0) is 31.7 Å². The molecule has 0 bridgehead atoms. The van der Waals surface area contributed by atoms with Crippen LogP contribution in [0.1, 0.15) is 34.6 Å². The number of nitrogens with one attached hydrogen (secondary N) is 1. The number of nitrogens with zero attached hydrogens (tertiary/aromatic N) is 3. The van der Waals surface area contributed by atoms with E-state index < -0.39 is 4.92 Å². The van der Waals surface area contributed by atoms with E-state index in [0.717, 1.165) is 24.8 Å². The lowest BCUT2D eigenvalue weighted by Crippen LogP contribution is -2.37. The van der Waals surface area contributed by atoms with Crippen molar-refractivity contribution in [3.05, 3.63) is 57.4 Å². The maximum absolute atomic E-state index is 12.7. The molecule has 0 saturated carbocycles. The predicted molar refractivity (Wildman–Crippen MR) is 84.2 cm³/mol. The van der Waals surface area contributed by atoms with Crippen LogP contribution in [0.5, 0.6) is 0 Å². The second-order valence-electron chi connectivity index (χ2n) is 5.79. The molecule has 1 atom stereocenters. The Bertz CT molecular complexity index is 726. The molecular weight excluding hydrogens is 296 g/mol. The number of carbonyl (C=O) groups is 1. The summed E-state index contributed by atoms with van der Waals surface area (Å²) in [6.07, 6.45) is 2.56. The zero-order valence-electron chi connectivity index (χ0n) is 12.9. The standard InChI is InChI=1S/C16H18N4O3/c1-11-15(20(22)23)14(18-17-11)16(21)19-9-5-8-13(19)10-12-6-3-2-4-7-12/h2-4,6-7,13H,5,8-10H2,1H3,(H,17,18)/t13-/m1/s1. The molecule has 1 amide bonds. The molecule has 1 N–H and O–H groups in total. The number of H-pyrrole nitrogens is 1. The van der Waals surface area contributed by atoms with Gasteiger partial charge < -0.3 is 4.90 Å². The molecule has 23 heavy (non-hydrogen) atoms. The van der Waals surface area contributed by atoms with E-state index in [-0.39, 0.29) is 23.3 Å².